The van der Waals surface area contributed by atoms with Gasteiger partial charge in [0.1, 0.15) is 0 Å². The Morgan fingerprint density at radius 1 is 1.39 bits per heavy atom. The number of halogens is 1. The van der Waals surface area contributed by atoms with Crippen molar-refractivity contribution in [1.29, 1.82) is 0 Å². The fraction of sp³-hybridized carbons (Fsp3) is 0.167. The molecule has 0 bridgehead atoms. The summed E-state index contributed by atoms with van der Waals surface area (Å²) in [7, 11) is 0. The number of carbonyl (C=O) groups is 1. The van der Waals surface area contributed by atoms with E-state index in [2.05, 4.69) is 31.2 Å². The van der Waals surface area contributed by atoms with Gasteiger partial charge in [0.15, 0.2) is 0 Å². The highest BCUT2D eigenvalue weighted by atomic mass is 79.9. The van der Waals surface area contributed by atoms with Gasteiger partial charge in [-0.05, 0) is 24.3 Å². The zero-order valence-electron chi connectivity index (χ0n) is 9.52. The number of amides is 1. The van der Waals surface area contributed by atoms with Crippen LogP contribution in [0.1, 0.15) is 5.69 Å². The summed E-state index contributed by atoms with van der Waals surface area (Å²) in [5.74, 6) is 0.424. The molecule has 0 atom stereocenters. The van der Waals surface area contributed by atoms with Gasteiger partial charge in [-0.3, -0.25) is 4.79 Å². The van der Waals surface area contributed by atoms with E-state index in [0.29, 0.717) is 12.3 Å². The lowest BCUT2D eigenvalue weighted by molar-refractivity contribution is -0.118. The lowest BCUT2D eigenvalue weighted by Gasteiger charge is -2.03. The van der Waals surface area contributed by atoms with E-state index in [1.807, 2.05) is 24.3 Å². The van der Waals surface area contributed by atoms with E-state index in [9.17, 15) is 4.79 Å². The zero-order valence-corrected chi connectivity index (χ0v) is 11.9. The summed E-state index contributed by atoms with van der Waals surface area (Å²) in [6, 6.07) is 7.89. The second kappa shape index (κ2) is 6.61. The van der Waals surface area contributed by atoms with Crippen molar-refractivity contribution in [2.45, 2.75) is 11.4 Å². The van der Waals surface area contributed by atoms with Gasteiger partial charge in [0.05, 0.1) is 24.3 Å². The number of thioether (sulfide) groups is 1. The van der Waals surface area contributed by atoms with Crippen molar-refractivity contribution < 1.29 is 4.79 Å². The number of imidazole rings is 1. The first-order valence-corrected chi connectivity index (χ1v) is 7.14. The molecule has 0 aliphatic rings. The molecule has 2 rings (SSSR count). The highest BCUT2D eigenvalue weighted by Gasteiger charge is 2.03. The second-order valence-corrected chi connectivity index (χ2v) is 5.56. The van der Waals surface area contributed by atoms with E-state index in [4.69, 9.17) is 0 Å². The molecule has 6 heteroatoms. The van der Waals surface area contributed by atoms with Crippen LogP contribution in [0.5, 0.6) is 0 Å². The van der Waals surface area contributed by atoms with Crippen molar-refractivity contribution in [3.05, 3.63) is 47.0 Å². The Bertz CT molecular complexity index is 499. The lowest BCUT2D eigenvalue weighted by Crippen LogP contribution is -2.24. The Kier molecular flexibility index (Phi) is 4.83. The summed E-state index contributed by atoms with van der Waals surface area (Å²) in [5.41, 5.74) is 0.900. The number of nitrogens with zero attached hydrogens (tertiary/aromatic N) is 1. The molecule has 1 amide bonds. The van der Waals surface area contributed by atoms with Gasteiger partial charge in [-0.25, -0.2) is 4.98 Å². The Morgan fingerprint density at radius 2 is 2.17 bits per heavy atom. The van der Waals surface area contributed by atoms with Gasteiger partial charge >= 0.3 is 0 Å². The van der Waals surface area contributed by atoms with Crippen LogP contribution >= 0.6 is 27.7 Å². The molecule has 1 aromatic heterocycles. The molecule has 0 unspecified atom stereocenters. The fourth-order valence-corrected chi connectivity index (χ4v) is 2.30. The predicted octanol–water partition coefficient (Wildman–Crippen LogP) is 2.58. The summed E-state index contributed by atoms with van der Waals surface area (Å²) >= 11 is 4.89. The van der Waals surface area contributed by atoms with Crippen molar-refractivity contribution in [1.82, 2.24) is 15.3 Å². The monoisotopic (exact) mass is 325 g/mol. The van der Waals surface area contributed by atoms with Gasteiger partial charge in [-0.15, -0.1) is 11.8 Å². The van der Waals surface area contributed by atoms with Crippen LogP contribution in [0, 0.1) is 0 Å². The summed E-state index contributed by atoms with van der Waals surface area (Å²) in [5, 5.41) is 2.83. The molecule has 94 valence electrons. The third-order valence-corrected chi connectivity index (χ3v) is 3.76. The Hall–Kier alpha value is -1.27. The molecular weight excluding hydrogens is 314 g/mol. The van der Waals surface area contributed by atoms with Crippen LogP contribution < -0.4 is 5.32 Å². The average Bonchev–Trinajstić information content (AvgIpc) is 2.89. The molecule has 0 spiro atoms. The van der Waals surface area contributed by atoms with Crippen molar-refractivity contribution in [3.8, 4) is 0 Å². The van der Waals surface area contributed by atoms with E-state index in [1.165, 1.54) is 11.8 Å². The Balaban J connectivity index is 1.73. The van der Waals surface area contributed by atoms with Gasteiger partial charge in [0.2, 0.25) is 5.91 Å². The minimum Gasteiger partial charge on any atom is -0.350 e. The van der Waals surface area contributed by atoms with E-state index in [0.717, 1.165) is 15.1 Å². The van der Waals surface area contributed by atoms with Gasteiger partial charge in [-0.1, -0.05) is 15.9 Å². The first kappa shape index (κ1) is 13.2. The van der Waals surface area contributed by atoms with Gasteiger partial charge in [0, 0.05) is 15.6 Å². The lowest BCUT2D eigenvalue weighted by atomic mass is 10.4. The third-order valence-electron chi connectivity index (χ3n) is 2.21. The molecule has 1 aromatic carbocycles. The molecular formula is C12H12BrN3OS. The number of hydrogen-bond donors (Lipinski definition) is 2. The predicted molar refractivity (Wildman–Crippen MR) is 75.3 cm³/mol. The minimum atomic E-state index is 0.0116. The molecule has 0 aliphatic carbocycles. The molecule has 0 saturated heterocycles. The minimum absolute atomic E-state index is 0.0116. The Morgan fingerprint density at radius 3 is 2.83 bits per heavy atom. The number of aromatic nitrogens is 2. The Labute approximate surface area is 118 Å². The van der Waals surface area contributed by atoms with Crippen LogP contribution in [0.25, 0.3) is 0 Å². The van der Waals surface area contributed by atoms with Crippen molar-refractivity contribution >= 4 is 33.6 Å². The van der Waals surface area contributed by atoms with Crippen molar-refractivity contribution in [2.75, 3.05) is 5.75 Å². The highest BCUT2D eigenvalue weighted by Crippen LogP contribution is 2.20. The molecule has 0 saturated carbocycles. The summed E-state index contributed by atoms with van der Waals surface area (Å²) < 4.78 is 1.04. The molecule has 2 N–H and O–H groups in total. The number of nitrogens with one attached hydrogen (secondary N) is 2. The summed E-state index contributed by atoms with van der Waals surface area (Å²) in [6.07, 6.45) is 3.29. The van der Waals surface area contributed by atoms with E-state index < -0.39 is 0 Å². The average molecular weight is 326 g/mol. The van der Waals surface area contributed by atoms with Crippen LogP contribution in [0.4, 0.5) is 0 Å². The molecule has 0 radical (unpaired) electrons. The van der Waals surface area contributed by atoms with Crippen molar-refractivity contribution in [3.63, 3.8) is 0 Å². The smallest absolute Gasteiger partial charge is 0.230 e. The number of H-pyrrole nitrogens is 1. The van der Waals surface area contributed by atoms with Crippen LogP contribution in [-0.2, 0) is 11.3 Å². The quantitative estimate of drug-likeness (QED) is 0.831. The van der Waals surface area contributed by atoms with Gasteiger partial charge < -0.3 is 10.3 Å². The highest BCUT2D eigenvalue weighted by molar-refractivity contribution is 9.10. The van der Waals surface area contributed by atoms with Crippen molar-refractivity contribution in [2.24, 2.45) is 0 Å². The van der Waals surface area contributed by atoms with E-state index >= 15 is 0 Å². The first-order chi connectivity index (χ1) is 8.74. The number of carbonyl (C=O) groups excluding carboxylic acids is 1. The fourth-order valence-electron chi connectivity index (χ4n) is 1.31. The number of hydrogen-bond acceptors (Lipinski definition) is 3. The molecule has 1 heterocycles. The molecule has 0 fully saturated rings. The molecule has 18 heavy (non-hydrogen) atoms. The van der Waals surface area contributed by atoms with Gasteiger partial charge in [-0.2, -0.15) is 0 Å². The number of rotatable bonds is 5. The second-order valence-electron chi connectivity index (χ2n) is 3.60. The number of aromatic amines is 1. The maximum Gasteiger partial charge on any atom is 0.230 e. The van der Waals surface area contributed by atoms with Crippen LogP contribution in [-0.4, -0.2) is 21.6 Å². The maximum atomic E-state index is 11.6. The van der Waals surface area contributed by atoms with Crippen LogP contribution in [0.3, 0.4) is 0 Å². The standard InChI is InChI=1S/C12H12BrN3OS/c13-9-1-3-11(4-2-9)18-7-12(17)15-6-10-5-14-8-16-10/h1-5,8H,6-7H2,(H,14,16)(H,15,17). The molecule has 4 nitrogen and oxygen atoms in total. The first-order valence-electron chi connectivity index (χ1n) is 5.36. The number of benzene rings is 1. The van der Waals surface area contributed by atoms with Gasteiger partial charge in [0.25, 0.3) is 0 Å². The zero-order chi connectivity index (χ0) is 12.8. The molecule has 2 aromatic rings. The molecule has 0 aliphatic heterocycles. The summed E-state index contributed by atoms with van der Waals surface area (Å²) in [6.45, 7) is 0.486. The normalized spacial score (nSPS) is 10.3. The van der Waals surface area contributed by atoms with Crippen LogP contribution in [0.2, 0.25) is 0 Å². The topological polar surface area (TPSA) is 57.8 Å². The largest absolute Gasteiger partial charge is 0.350 e. The third kappa shape index (κ3) is 4.19. The van der Waals surface area contributed by atoms with Crippen LogP contribution in [0.15, 0.2) is 46.2 Å². The SMILES string of the molecule is O=C(CSc1ccc(Br)cc1)NCc1cnc[nH]1. The van der Waals surface area contributed by atoms with E-state index in [-0.39, 0.29) is 5.91 Å². The summed E-state index contributed by atoms with van der Waals surface area (Å²) in [4.78, 5) is 19.5. The maximum absolute atomic E-state index is 11.6. The van der Waals surface area contributed by atoms with E-state index in [1.54, 1.807) is 12.5 Å².